The van der Waals surface area contributed by atoms with Crippen LogP contribution in [0.3, 0.4) is 0 Å². The standard InChI is InChI=1S/C10H21INO4P/c1-10(2)14-7-9(16-10)8-15-17(4,13)12(3)6-5-11/h9H,5-8H2,1-4H3. The average Bonchev–Trinajstić information content (AvgIpc) is 2.56. The Labute approximate surface area is 117 Å². The minimum Gasteiger partial charge on any atom is -0.348 e. The van der Waals surface area contributed by atoms with Gasteiger partial charge in [-0.3, -0.25) is 4.57 Å². The highest BCUT2D eigenvalue weighted by Gasteiger charge is 2.34. The van der Waals surface area contributed by atoms with Crippen molar-refractivity contribution in [3.63, 3.8) is 0 Å². The topological polar surface area (TPSA) is 48.0 Å². The zero-order valence-corrected chi connectivity index (χ0v) is 13.9. The third-order valence-electron chi connectivity index (χ3n) is 2.60. The van der Waals surface area contributed by atoms with Crippen molar-refractivity contribution in [2.75, 3.05) is 37.9 Å². The second kappa shape index (κ2) is 6.30. The van der Waals surface area contributed by atoms with Gasteiger partial charge in [-0.15, -0.1) is 0 Å². The van der Waals surface area contributed by atoms with Crippen LogP contribution in [0.15, 0.2) is 0 Å². The number of hydrogen-bond donors (Lipinski definition) is 0. The third kappa shape index (κ3) is 5.12. The molecule has 1 rings (SSSR count). The predicted molar refractivity (Wildman–Crippen MR) is 75.9 cm³/mol. The van der Waals surface area contributed by atoms with Gasteiger partial charge < -0.3 is 14.0 Å². The van der Waals surface area contributed by atoms with Gasteiger partial charge in [-0.25, -0.2) is 4.67 Å². The van der Waals surface area contributed by atoms with E-state index in [1.165, 1.54) is 0 Å². The van der Waals surface area contributed by atoms with E-state index in [4.69, 9.17) is 14.0 Å². The van der Waals surface area contributed by atoms with Crippen LogP contribution in [0.2, 0.25) is 0 Å². The van der Waals surface area contributed by atoms with E-state index in [-0.39, 0.29) is 6.10 Å². The van der Waals surface area contributed by atoms with Crippen molar-refractivity contribution in [3.8, 4) is 0 Å². The lowest BCUT2D eigenvalue weighted by Crippen LogP contribution is -2.25. The fourth-order valence-corrected chi connectivity index (χ4v) is 3.68. The first-order valence-corrected chi connectivity index (χ1v) is 9.13. The van der Waals surface area contributed by atoms with Crippen molar-refractivity contribution in [3.05, 3.63) is 0 Å². The minimum absolute atomic E-state index is 0.133. The van der Waals surface area contributed by atoms with Crippen LogP contribution in [0, 0.1) is 0 Å². The number of hydrogen-bond acceptors (Lipinski definition) is 4. The van der Waals surface area contributed by atoms with Crippen LogP contribution >= 0.6 is 30.1 Å². The summed E-state index contributed by atoms with van der Waals surface area (Å²) in [5.74, 6) is -0.556. The molecule has 0 aromatic heterocycles. The Morgan fingerprint density at radius 2 is 2.24 bits per heavy atom. The second-order valence-electron chi connectivity index (χ2n) is 4.62. The van der Waals surface area contributed by atoms with Crippen LogP contribution in [0.5, 0.6) is 0 Å². The van der Waals surface area contributed by atoms with Crippen molar-refractivity contribution in [2.45, 2.75) is 25.7 Å². The smallest absolute Gasteiger partial charge is 0.269 e. The van der Waals surface area contributed by atoms with Crippen LogP contribution in [0.1, 0.15) is 13.8 Å². The normalized spacial score (nSPS) is 27.3. The van der Waals surface area contributed by atoms with E-state index in [0.29, 0.717) is 13.2 Å². The van der Waals surface area contributed by atoms with E-state index in [1.807, 2.05) is 20.9 Å². The van der Waals surface area contributed by atoms with Crippen molar-refractivity contribution < 1.29 is 18.6 Å². The fourth-order valence-electron chi connectivity index (χ4n) is 1.47. The summed E-state index contributed by atoms with van der Waals surface area (Å²) in [4.78, 5) is 0. The van der Waals surface area contributed by atoms with Gasteiger partial charge in [0.25, 0.3) is 7.52 Å². The molecule has 0 saturated carbocycles. The Morgan fingerprint density at radius 1 is 1.59 bits per heavy atom. The highest BCUT2D eigenvalue weighted by molar-refractivity contribution is 14.1. The third-order valence-corrected chi connectivity index (χ3v) is 5.15. The summed E-state index contributed by atoms with van der Waals surface area (Å²) >= 11 is 2.25. The molecule has 5 nitrogen and oxygen atoms in total. The maximum Gasteiger partial charge on any atom is 0.269 e. The highest BCUT2D eigenvalue weighted by Crippen LogP contribution is 2.46. The average molecular weight is 377 g/mol. The van der Waals surface area contributed by atoms with Crippen molar-refractivity contribution in [1.82, 2.24) is 4.67 Å². The molecule has 1 aliphatic heterocycles. The first kappa shape index (κ1) is 15.9. The molecule has 0 aromatic rings. The molecule has 1 heterocycles. The highest BCUT2D eigenvalue weighted by atomic mass is 127. The van der Waals surface area contributed by atoms with Gasteiger partial charge in [-0.05, 0) is 20.9 Å². The summed E-state index contributed by atoms with van der Waals surface area (Å²) in [5, 5.41) is 0. The largest absolute Gasteiger partial charge is 0.348 e. The van der Waals surface area contributed by atoms with Gasteiger partial charge in [-0.2, -0.15) is 0 Å². The zero-order valence-electron chi connectivity index (χ0n) is 10.8. The van der Waals surface area contributed by atoms with E-state index in [2.05, 4.69) is 22.6 Å². The molecule has 7 heteroatoms. The van der Waals surface area contributed by atoms with Gasteiger partial charge in [-0.1, -0.05) is 22.6 Å². The zero-order chi connectivity index (χ0) is 13.1. The lowest BCUT2D eigenvalue weighted by Gasteiger charge is -2.25. The van der Waals surface area contributed by atoms with Gasteiger partial charge in [0.05, 0.1) is 13.2 Å². The molecule has 2 atom stereocenters. The monoisotopic (exact) mass is 377 g/mol. The predicted octanol–water partition coefficient (Wildman–Crippen LogP) is 2.34. The van der Waals surface area contributed by atoms with Gasteiger partial charge in [0.2, 0.25) is 0 Å². The summed E-state index contributed by atoms with van der Waals surface area (Å²) in [5.41, 5.74) is 0. The number of alkyl halides is 1. The molecule has 0 N–H and O–H groups in total. The van der Waals surface area contributed by atoms with Crippen LogP contribution in [-0.4, -0.2) is 54.5 Å². The molecule has 0 amide bonds. The Kier molecular flexibility index (Phi) is 5.88. The quantitative estimate of drug-likeness (QED) is 0.404. The van der Waals surface area contributed by atoms with E-state index in [0.717, 1.165) is 11.0 Å². The fraction of sp³-hybridized carbons (Fsp3) is 1.00. The van der Waals surface area contributed by atoms with Crippen LogP contribution in [0.25, 0.3) is 0 Å². The summed E-state index contributed by atoms with van der Waals surface area (Å²) in [6.07, 6.45) is -0.133. The summed E-state index contributed by atoms with van der Waals surface area (Å²) in [6.45, 7) is 6.91. The first-order chi connectivity index (χ1) is 7.77. The van der Waals surface area contributed by atoms with E-state index >= 15 is 0 Å². The maximum atomic E-state index is 12.2. The van der Waals surface area contributed by atoms with Crippen molar-refractivity contribution >= 4 is 30.1 Å². The van der Waals surface area contributed by atoms with Gasteiger partial charge in [0.1, 0.15) is 6.10 Å². The number of halogens is 1. The summed E-state index contributed by atoms with van der Waals surface area (Å²) < 4.78 is 31.4. The number of nitrogens with zero attached hydrogens (tertiary/aromatic N) is 1. The lowest BCUT2D eigenvalue weighted by atomic mass is 10.4. The van der Waals surface area contributed by atoms with Gasteiger partial charge >= 0.3 is 0 Å². The lowest BCUT2D eigenvalue weighted by molar-refractivity contribution is -0.141. The first-order valence-electron chi connectivity index (χ1n) is 5.58. The molecule has 17 heavy (non-hydrogen) atoms. The van der Waals surface area contributed by atoms with E-state index in [1.54, 1.807) is 11.3 Å². The number of ether oxygens (including phenoxy) is 2. The molecular weight excluding hydrogens is 356 g/mol. The molecule has 0 radical (unpaired) electrons. The molecule has 0 aliphatic carbocycles. The summed E-state index contributed by atoms with van der Waals surface area (Å²) in [6, 6.07) is 0. The summed E-state index contributed by atoms with van der Waals surface area (Å²) in [7, 11) is -0.887. The van der Waals surface area contributed by atoms with Crippen LogP contribution in [-0.2, 0) is 18.6 Å². The Bertz CT molecular complexity index is 300. The second-order valence-corrected chi connectivity index (χ2v) is 8.25. The molecule has 1 aliphatic rings. The van der Waals surface area contributed by atoms with Crippen molar-refractivity contribution in [1.29, 1.82) is 0 Å². The SMILES string of the molecule is CN(CCI)P(C)(=O)OCC1COC(C)(C)O1. The molecular formula is C10H21INO4P. The molecule has 1 saturated heterocycles. The van der Waals surface area contributed by atoms with Crippen LogP contribution < -0.4 is 0 Å². The molecule has 0 bridgehead atoms. The Morgan fingerprint density at radius 3 is 2.71 bits per heavy atom. The van der Waals surface area contributed by atoms with E-state index < -0.39 is 13.3 Å². The molecule has 0 spiro atoms. The van der Waals surface area contributed by atoms with E-state index in [9.17, 15) is 4.57 Å². The molecule has 1 fully saturated rings. The Hall–Kier alpha value is 0.800. The number of rotatable bonds is 6. The van der Waals surface area contributed by atoms with Crippen molar-refractivity contribution in [2.24, 2.45) is 0 Å². The van der Waals surface area contributed by atoms with Crippen LogP contribution in [0.4, 0.5) is 0 Å². The molecule has 0 aromatic carbocycles. The van der Waals surface area contributed by atoms with Gasteiger partial charge in [0, 0.05) is 17.6 Å². The molecule has 2 unspecified atom stereocenters. The molecule has 102 valence electrons. The minimum atomic E-state index is -2.70. The maximum absolute atomic E-state index is 12.2. The Balaban J connectivity index is 2.37. The van der Waals surface area contributed by atoms with Gasteiger partial charge in [0.15, 0.2) is 5.79 Å².